The van der Waals surface area contributed by atoms with Gasteiger partial charge in [-0.25, -0.2) is 4.79 Å². The second-order valence-corrected chi connectivity index (χ2v) is 6.75. The summed E-state index contributed by atoms with van der Waals surface area (Å²) < 4.78 is 7.52. The fraction of sp³-hybridized carbons (Fsp3) is 0.667. The number of piperidine rings is 1. The summed E-state index contributed by atoms with van der Waals surface area (Å²) in [5, 5.41) is 9.22. The fourth-order valence-corrected chi connectivity index (χ4v) is 3.76. The molecule has 24 heavy (non-hydrogen) atoms. The van der Waals surface area contributed by atoms with Gasteiger partial charge in [-0.2, -0.15) is 0 Å². The Balaban J connectivity index is 1.46. The Morgan fingerprint density at radius 3 is 2.67 bits per heavy atom. The first-order valence-electron chi connectivity index (χ1n) is 8.94. The number of nitrogens with zero attached hydrogens (tertiary/aromatic N) is 2. The number of hydrogen-bond acceptors (Lipinski definition) is 3. The van der Waals surface area contributed by atoms with Crippen LogP contribution in [0.5, 0.6) is 0 Å². The lowest BCUT2D eigenvalue weighted by Gasteiger charge is -2.33. The Morgan fingerprint density at radius 2 is 2.00 bits per heavy atom. The standard InChI is InChI=1S/C18H26N2O4/c21-17(7-6-15-4-1-2-13-24-15)19-11-8-14(9-12-19)20-10-3-5-16(20)18(22)23/h3,5,10,14-15H,1-2,4,6-9,11-13H2,(H,22,23)/t15-/m1/s1. The first-order valence-corrected chi connectivity index (χ1v) is 8.94. The first-order chi connectivity index (χ1) is 11.6. The maximum Gasteiger partial charge on any atom is 0.352 e. The molecule has 0 saturated carbocycles. The van der Waals surface area contributed by atoms with E-state index in [4.69, 9.17) is 4.74 Å². The fourth-order valence-electron chi connectivity index (χ4n) is 3.76. The first kappa shape index (κ1) is 17.0. The monoisotopic (exact) mass is 334 g/mol. The summed E-state index contributed by atoms with van der Waals surface area (Å²) in [4.78, 5) is 25.5. The predicted molar refractivity (Wildman–Crippen MR) is 89.1 cm³/mol. The molecule has 2 fully saturated rings. The summed E-state index contributed by atoms with van der Waals surface area (Å²) in [5.41, 5.74) is 0.328. The van der Waals surface area contributed by atoms with E-state index in [2.05, 4.69) is 0 Å². The van der Waals surface area contributed by atoms with Crippen molar-refractivity contribution in [2.45, 2.75) is 57.1 Å². The van der Waals surface area contributed by atoms with Crippen molar-refractivity contribution in [3.05, 3.63) is 24.0 Å². The SMILES string of the molecule is O=C(O)c1cccn1C1CCN(C(=O)CC[C@H]2CCCCO2)CC1. The van der Waals surface area contributed by atoms with E-state index in [1.54, 1.807) is 12.1 Å². The molecule has 6 nitrogen and oxygen atoms in total. The van der Waals surface area contributed by atoms with E-state index in [0.29, 0.717) is 25.2 Å². The number of carbonyl (C=O) groups is 2. The molecule has 0 aromatic carbocycles. The normalized spacial score (nSPS) is 22.5. The van der Waals surface area contributed by atoms with E-state index in [9.17, 15) is 14.7 Å². The summed E-state index contributed by atoms with van der Waals surface area (Å²) in [6.45, 7) is 2.23. The minimum absolute atomic E-state index is 0.164. The van der Waals surface area contributed by atoms with Crippen molar-refractivity contribution in [1.82, 2.24) is 9.47 Å². The van der Waals surface area contributed by atoms with Crippen LogP contribution in [0.3, 0.4) is 0 Å². The van der Waals surface area contributed by atoms with Crippen LogP contribution >= 0.6 is 0 Å². The second kappa shape index (κ2) is 7.83. The zero-order valence-corrected chi connectivity index (χ0v) is 14.0. The topological polar surface area (TPSA) is 71.8 Å². The molecule has 3 rings (SSSR count). The van der Waals surface area contributed by atoms with Crippen LogP contribution in [0.4, 0.5) is 0 Å². The molecular formula is C18H26N2O4. The molecule has 0 radical (unpaired) electrons. The molecule has 0 unspecified atom stereocenters. The van der Waals surface area contributed by atoms with E-state index in [1.165, 1.54) is 6.42 Å². The van der Waals surface area contributed by atoms with Gasteiger partial charge in [0, 0.05) is 38.4 Å². The zero-order chi connectivity index (χ0) is 16.9. The minimum Gasteiger partial charge on any atom is -0.477 e. The van der Waals surface area contributed by atoms with Gasteiger partial charge < -0.3 is 19.3 Å². The Labute approximate surface area is 142 Å². The van der Waals surface area contributed by atoms with Crippen molar-refractivity contribution in [2.75, 3.05) is 19.7 Å². The smallest absolute Gasteiger partial charge is 0.352 e. The number of aromatic nitrogens is 1. The average Bonchev–Trinajstić information content (AvgIpc) is 3.11. The van der Waals surface area contributed by atoms with Crippen LogP contribution in [-0.2, 0) is 9.53 Å². The molecule has 3 heterocycles. The summed E-state index contributed by atoms with van der Waals surface area (Å²) in [6.07, 6.45) is 8.47. The molecular weight excluding hydrogens is 308 g/mol. The van der Waals surface area contributed by atoms with Gasteiger partial charge in [-0.05, 0) is 50.7 Å². The van der Waals surface area contributed by atoms with E-state index in [-0.39, 0.29) is 18.1 Å². The van der Waals surface area contributed by atoms with Crippen LogP contribution in [0.15, 0.2) is 18.3 Å². The molecule has 1 atom stereocenters. The summed E-state index contributed by atoms with van der Waals surface area (Å²) in [5.74, 6) is -0.695. The number of aromatic carboxylic acids is 1. The van der Waals surface area contributed by atoms with Gasteiger partial charge in [-0.3, -0.25) is 4.79 Å². The van der Waals surface area contributed by atoms with Crippen LogP contribution in [0.25, 0.3) is 0 Å². The lowest BCUT2D eigenvalue weighted by molar-refractivity contribution is -0.133. The van der Waals surface area contributed by atoms with Gasteiger partial charge in [0.2, 0.25) is 5.91 Å². The Morgan fingerprint density at radius 1 is 1.21 bits per heavy atom. The summed E-state index contributed by atoms with van der Waals surface area (Å²) in [6, 6.07) is 3.56. The van der Waals surface area contributed by atoms with Gasteiger partial charge in [0.25, 0.3) is 0 Å². The number of rotatable bonds is 5. The van der Waals surface area contributed by atoms with Crippen molar-refractivity contribution >= 4 is 11.9 Å². The summed E-state index contributed by atoms with van der Waals surface area (Å²) in [7, 11) is 0. The van der Waals surface area contributed by atoms with Crippen molar-refractivity contribution in [1.29, 1.82) is 0 Å². The molecule has 132 valence electrons. The number of carbonyl (C=O) groups excluding carboxylic acids is 1. The average molecular weight is 334 g/mol. The minimum atomic E-state index is -0.897. The number of carboxylic acid groups (broad SMARTS) is 1. The van der Waals surface area contributed by atoms with Gasteiger partial charge in [0.15, 0.2) is 0 Å². The molecule has 0 bridgehead atoms. The third-order valence-corrected chi connectivity index (χ3v) is 5.16. The number of ether oxygens (including phenoxy) is 1. The van der Waals surface area contributed by atoms with Gasteiger partial charge in [-0.1, -0.05) is 0 Å². The lowest BCUT2D eigenvalue weighted by Crippen LogP contribution is -2.39. The highest BCUT2D eigenvalue weighted by Crippen LogP contribution is 2.25. The molecule has 1 N–H and O–H groups in total. The number of hydrogen-bond donors (Lipinski definition) is 1. The molecule has 0 aliphatic carbocycles. The Kier molecular flexibility index (Phi) is 5.56. The lowest BCUT2D eigenvalue weighted by atomic mass is 10.0. The zero-order valence-electron chi connectivity index (χ0n) is 14.0. The molecule has 2 aliphatic heterocycles. The largest absolute Gasteiger partial charge is 0.477 e. The van der Waals surface area contributed by atoms with Crippen LogP contribution in [0.2, 0.25) is 0 Å². The van der Waals surface area contributed by atoms with E-state index in [0.717, 1.165) is 38.7 Å². The van der Waals surface area contributed by atoms with E-state index < -0.39 is 5.97 Å². The van der Waals surface area contributed by atoms with Crippen molar-refractivity contribution < 1.29 is 19.4 Å². The highest BCUT2D eigenvalue weighted by molar-refractivity contribution is 5.85. The number of carboxylic acids is 1. The third-order valence-electron chi connectivity index (χ3n) is 5.16. The van der Waals surface area contributed by atoms with E-state index >= 15 is 0 Å². The predicted octanol–water partition coefficient (Wildman–Crippen LogP) is 2.70. The number of likely N-dealkylation sites (tertiary alicyclic amines) is 1. The van der Waals surface area contributed by atoms with Crippen LogP contribution in [-0.4, -0.2) is 52.3 Å². The maximum absolute atomic E-state index is 12.4. The molecule has 0 spiro atoms. The van der Waals surface area contributed by atoms with Crippen LogP contribution < -0.4 is 0 Å². The highest BCUT2D eigenvalue weighted by Gasteiger charge is 2.26. The Hall–Kier alpha value is -1.82. The van der Waals surface area contributed by atoms with Crippen LogP contribution in [0, 0.1) is 0 Å². The van der Waals surface area contributed by atoms with Crippen LogP contribution in [0.1, 0.15) is 61.5 Å². The molecule has 1 aromatic heterocycles. The highest BCUT2D eigenvalue weighted by atomic mass is 16.5. The molecule has 1 aromatic rings. The van der Waals surface area contributed by atoms with Crippen molar-refractivity contribution in [2.24, 2.45) is 0 Å². The van der Waals surface area contributed by atoms with Crippen molar-refractivity contribution in [3.8, 4) is 0 Å². The van der Waals surface area contributed by atoms with Gasteiger partial charge >= 0.3 is 5.97 Å². The molecule has 1 amide bonds. The Bertz CT molecular complexity index is 569. The third kappa shape index (κ3) is 3.98. The van der Waals surface area contributed by atoms with Crippen molar-refractivity contribution in [3.63, 3.8) is 0 Å². The second-order valence-electron chi connectivity index (χ2n) is 6.75. The van der Waals surface area contributed by atoms with E-state index in [1.807, 2.05) is 15.7 Å². The molecule has 6 heteroatoms. The summed E-state index contributed by atoms with van der Waals surface area (Å²) >= 11 is 0. The quantitative estimate of drug-likeness (QED) is 0.899. The molecule has 2 aliphatic rings. The number of amides is 1. The maximum atomic E-state index is 12.4. The van der Waals surface area contributed by atoms with Gasteiger partial charge in [0.05, 0.1) is 6.10 Å². The van der Waals surface area contributed by atoms with Gasteiger partial charge in [-0.15, -0.1) is 0 Å². The molecule has 2 saturated heterocycles. The van der Waals surface area contributed by atoms with Gasteiger partial charge in [0.1, 0.15) is 5.69 Å².